The predicted octanol–water partition coefficient (Wildman–Crippen LogP) is -0.828. The number of carbonyl (C=O) groups is 1. The van der Waals surface area contributed by atoms with E-state index in [0.29, 0.717) is 26.1 Å². The van der Waals surface area contributed by atoms with Crippen molar-refractivity contribution < 1.29 is 4.79 Å². The Labute approximate surface area is 121 Å². The highest BCUT2D eigenvalue weighted by atomic mass is 16.2. The topological polar surface area (TPSA) is 78.0 Å². The molecule has 1 aliphatic rings. The second-order valence-electron chi connectivity index (χ2n) is 5.32. The lowest BCUT2D eigenvalue weighted by molar-refractivity contribution is -0.132. The van der Waals surface area contributed by atoms with Crippen molar-refractivity contribution in [2.24, 2.45) is 7.05 Å². The van der Waals surface area contributed by atoms with E-state index in [-0.39, 0.29) is 18.1 Å². The molecule has 2 aromatic rings. The summed E-state index contributed by atoms with van der Waals surface area (Å²) in [7, 11) is 1.65. The largest absolute Gasteiger partial charge is 0.345 e. The first-order valence-electron chi connectivity index (χ1n) is 6.94. The summed E-state index contributed by atoms with van der Waals surface area (Å²) in [6.07, 6.45) is 4.17. The minimum atomic E-state index is -0.123. The molecule has 112 valence electrons. The van der Waals surface area contributed by atoms with Crippen molar-refractivity contribution in [3.8, 4) is 0 Å². The van der Waals surface area contributed by atoms with Crippen molar-refractivity contribution in [2.45, 2.75) is 26.4 Å². The zero-order valence-corrected chi connectivity index (χ0v) is 12.2. The first kappa shape index (κ1) is 13.6. The normalized spacial score (nSPS) is 14.9. The molecule has 0 atom stereocenters. The van der Waals surface area contributed by atoms with Crippen molar-refractivity contribution >= 4 is 5.91 Å². The molecule has 21 heavy (non-hydrogen) atoms. The van der Waals surface area contributed by atoms with E-state index >= 15 is 0 Å². The molecule has 0 radical (unpaired) electrons. The lowest BCUT2D eigenvalue weighted by Gasteiger charge is -2.19. The Bertz CT molecular complexity index is 725. The maximum Gasteiger partial charge on any atom is 0.345 e. The van der Waals surface area contributed by atoms with Gasteiger partial charge in [-0.2, -0.15) is 10.2 Å². The summed E-state index contributed by atoms with van der Waals surface area (Å²) in [4.78, 5) is 26.0. The van der Waals surface area contributed by atoms with Crippen LogP contribution in [0.15, 0.2) is 17.2 Å². The van der Waals surface area contributed by atoms with Gasteiger partial charge in [0.1, 0.15) is 12.4 Å². The third-order valence-corrected chi connectivity index (χ3v) is 3.70. The number of hydrogen-bond donors (Lipinski definition) is 0. The average molecular weight is 290 g/mol. The summed E-state index contributed by atoms with van der Waals surface area (Å²) in [5.74, 6) is 0.758. The number of fused-ring (bicyclic) bond motifs is 1. The van der Waals surface area contributed by atoms with Gasteiger partial charge in [0, 0.05) is 39.3 Å². The van der Waals surface area contributed by atoms with Gasteiger partial charge < -0.3 is 4.90 Å². The molecule has 0 fully saturated rings. The lowest BCUT2D eigenvalue weighted by atomic mass is 10.3. The molecule has 0 bridgehead atoms. The first-order valence-corrected chi connectivity index (χ1v) is 6.94. The van der Waals surface area contributed by atoms with E-state index in [1.165, 1.54) is 4.68 Å². The van der Waals surface area contributed by atoms with E-state index in [2.05, 4.69) is 10.2 Å². The first-order chi connectivity index (χ1) is 10.0. The Morgan fingerprint density at radius 1 is 1.33 bits per heavy atom. The molecule has 8 nitrogen and oxygen atoms in total. The highest BCUT2D eigenvalue weighted by molar-refractivity contribution is 5.75. The number of nitrogens with zero attached hydrogens (tertiary/aromatic N) is 6. The van der Waals surface area contributed by atoms with Crippen LogP contribution >= 0.6 is 0 Å². The van der Waals surface area contributed by atoms with Crippen LogP contribution in [0.1, 0.15) is 11.4 Å². The van der Waals surface area contributed by atoms with E-state index in [9.17, 15) is 9.59 Å². The molecular weight excluding hydrogens is 272 g/mol. The van der Waals surface area contributed by atoms with Gasteiger partial charge in [-0.1, -0.05) is 0 Å². The number of amides is 1. The van der Waals surface area contributed by atoms with Crippen LogP contribution in [0.5, 0.6) is 0 Å². The molecule has 0 aromatic carbocycles. The van der Waals surface area contributed by atoms with Crippen LogP contribution in [0, 0.1) is 6.92 Å². The van der Waals surface area contributed by atoms with Gasteiger partial charge in [-0.05, 0) is 12.5 Å². The molecule has 0 spiro atoms. The zero-order chi connectivity index (χ0) is 15.0. The molecular formula is C13H18N6O2. The number of rotatable bonds is 2. The van der Waals surface area contributed by atoms with Crippen LogP contribution in [-0.2, 0) is 31.4 Å². The van der Waals surface area contributed by atoms with Gasteiger partial charge in [0.05, 0.1) is 6.20 Å². The van der Waals surface area contributed by atoms with Crippen LogP contribution in [0.25, 0.3) is 0 Å². The van der Waals surface area contributed by atoms with Gasteiger partial charge in [0.25, 0.3) is 0 Å². The Morgan fingerprint density at radius 2 is 2.14 bits per heavy atom. The number of aromatic nitrogens is 5. The van der Waals surface area contributed by atoms with Crippen molar-refractivity contribution in [1.29, 1.82) is 0 Å². The number of aryl methyl sites for hydroxylation is 2. The van der Waals surface area contributed by atoms with Gasteiger partial charge in [0.15, 0.2) is 0 Å². The lowest BCUT2D eigenvalue weighted by Crippen LogP contribution is -2.37. The van der Waals surface area contributed by atoms with E-state index in [4.69, 9.17) is 0 Å². The molecule has 3 heterocycles. The minimum Gasteiger partial charge on any atom is -0.339 e. The molecule has 2 aromatic heterocycles. The summed E-state index contributed by atoms with van der Waals surface area (Å²) in [6.45, 7) is 3.77. The summed E-state index contributed by atoms with van der Waals surface area (Å²) in [5, 5.41) is 8.33. The van der Waals surface area contributed by atoms with Gasteiger partial charge in [0.2, 0.25) is 5.91 Å². The number of carbonyl (C=O) groups excluding carboxylic acids is 1. The molecule has 0 saturated heterocycles. The van der Waals surface area contributed by atoms with Crippen LogP contribution in [0.4, 0.5) is 0 Å². The van der Waals surface area contributed by atoms with Crippen LogP contribution in [0.3, 0.4) is 0 Å². The van der Waals surface area contributed by atoms with E-state index in [0.717, 1.165) is 11.4 Å². The van der Waals surface area contributed by atoms with E-state index in [1.54, 1.807) is 27.4 Å². The highest BCUT2D eigenvalue weighted by Gasteiger charge is 2.21. The van der Waals surface area contributed by atoms with Crippen LogP contribution in [0.2, 0.25) is 0 Å². The van der Waals surface area contributed by atoms with Crippen molar-refractivity contribution in [2.75, 3.05) is 13.1 Å². The molecule has 0 saturated carbocycles. The third kappa shape index (κ3) is 2.61. The second kappa shape index (κ2) is 5.19. The molecule has 0 aliphatic carbocycles. The summed E-state index contributed by atoms with van der Waals surface area (Å²) in [6, 6.07) is 0. The smallest absolute Gasteiger partial charge is 0.339 e. The van der Waals surface area contributed by atoms with Crippen molar-refractivity contribution in [1.82, 2.24) is 29.0 Å². The van der Waals surface area contributed by atoms with Crippen molar-refractivity contribution in [3.63, 3.8) is 0 Å². The maximum absolute atomic E-state index is 12.3. The summed E-state index contributed by atoms with van der Waals surface area (Å²) >= 11 is 0. The SMILES string of the molecule is Cc1cnn(CC(=O)N2CCc3nn(C)c(=O)n3CC2)c1. The molecule has 0 unspecified atom stereocenters. The van der Waals surface area contributed by atoms with Gasteiger partial charge >= 0.3 is 5.69 Å². The highest BCUT2D eigenvalue weighted by Crippen LogP contribution is 2.05. The summed E-state index contributed by atoms with van der Waals surface area (Å²) in [5.41, 5.74) is 0.907. The predicted molar refractivity (Wildman–Crippen MR) is 74.7 cm³/mol. The average Bonchev–Trinajstić information content (AvgIpc) is 2.88. The van der Waals surface area contributed by atoms with Crippen LogP contribution < -0.4 is 5.69 Å². The Kier molecular flexibility index (Phi) is 3.36. The van der Waals surface area contributed by atoms with Gasteiger partial charge in [-0.25, -0.2) is 9.48 Å². The quantitative estimate of drug-likeness (QED) is 0.723. The summed E-state index contributed by atoms with van der Waals surface area (Å²) < 4.78 is 4.63. The maximum atomic E-state index is 12.3. The Hall–Kier alpha value is -2.38. The Balaban J connectivity index is 1.69. The fourth-order valence-electron chi connectivity index (χ4n) is 2.57. The van der Waals surface area contributed by atoms with Crippen molar-refractivity contribution in [3.05, 3.63) is 34.3 Å². The minimum absolute atomic E-state index is 0.0145. The van der Waals surface area contributed by atoms with Crippen LogP contribution in [-0.4, -0.2) is 48.0 Å². The molecule has 3 rings (SSSR count). The number of hydrogen-bond acceptors (Lipinski definition) is 4. The van der Waals surface area contributed by atoms with E-state index in [1.807, 2.05) is 13.1 Å². The molecule has 0 N–H and O–H groups in total. The fourth-order valence-corrected chi connectivity index (χ4v) is 2.57. The Morgan fingerprint density at radius 3 is 2.86 bits per heavy atom. The zero-order valence-electron chi connectivity index (χ0n) is 12.2. The third-order valence-electron chi connectivity index (χ3n) is 3.70. The second-order valence-corrected chi connectivity index (χ2v) is 5.32. The molecule has 1 aliphatic heterocycles. The van der Waals surface area contributed by atoms with E-state index < -0.39 is 0 Å². The van der Waals surface area contributed by atoms with Gasteiger partial charge in [-0.15, -0.1) is 0 Å². The monoisotopic (exact) mass is 290 g/mol. The molecule has 8 heteroatoms. The fraction of sp³-hybridized carbons (Fsp3) is 0.538. The van der Waals surface area contributed by atoms with Gasteiger partial charge in [-0.3, -0.25) is 14.0 Å². The molecule has 1 amide bonds. The standard InChI is InChI=1S/C13H18N6O2/c1-10-7-14-18(8-10)9-12(20)17-4-3-11-15-16(2)13(21)19(11)6-5-17/h7-8H,3-6,9H2,1-2H3.